The van der Waals surface area contributed by atoms with E-state index in [4.69, 9.17) is 39.2 Å². The highest BCUT2D eigenvalue weighted by Crippen LogP contribution is 2.35. The molecule has 0 fully saturated rings. The topological polar surface area (TPSA) is 145 Å². The summed E-state index contributed by atoms with van der Waals surface area (Å²) in [6.07, 6.45) is 2.41. The van der Waals surface area contributed by atoms with Crippen LogP contribution in [0, 0.1) is 13.8 Å². The minimum Gasteiger partial charge on any atom is -0.497 e. The summed E-state index contributed by atoms with van der Waals surface area (Å²) >= 11 is 0. The lowest BCUT2D eigenvalue weighted by Crippen LogP contribution is -2.24. The molecule has 0 saturated heterocycles. The Balaban J connectivity index is 1.23. The predicted molar refractivity (Wildman–Crippen MR) is 227 cm³/mol. The van der Waals surface area contributed by atoms with E-state index in [0.29, 0.717) is 65.1 Å². The second-order valence-electron chi connectivity index (χ2n) is 14.2. The molecule has 304 valence electrons. The van der Waals surface area contributed by atoms with Crippen LogP contribution in [0.2, 0.25) is 0 Å². The Kier molecular flexibility index (Phi) is 11.5. The van der Waals surface area contributed by atoms with Crippen LogP contribution in [0.25, 0.3) is 28.4 Å². The fourth-order valence-electron chi connectivity index (χ4n) is 7.03. The Hall–Kier alpha value is -7.48. The molecule has 0 spiro atoms. The zero-order valence-electron chi connectivity index (χ0n) is 34.1. The minimum atomic E-state index is -0.383. The molecule has 0 unspecified atom stereocenters. The summed E-state index contributed by atoms with van der Waals surface area (Å²) in [5.74, 6) is 2.95. The van der Waals surface area contributed by atoms with Gasteiger partial charge in [-0.1, -0.05) is 72.8 Å². The zero-order valence-corrected chi connectivity index (χ0v) is 34.1. The van der Waals surface area contributed by atoms with Gasteiger partial charge in [0.2, 0.25) is 0 Å². The largest absolute Gasteiger partial charge is 0.497 e. The second kappa shape index (κ2) is 17.6. The van der Waals surface area contributed by atoms with Crippen LogP contribution < -0.4 is 24.3 Å². The van der Waals surface area contributed by atoms with Crippen molar-refractivity contribution in [2.24, 2.45) is 0 Å². The zero-order chi connectivity index (χ0) is 41.6. The average molecular weight is 804 g/mol. The van der Waals surface area contributed by atoms with Crippen LogP contribution in [-0.4, -0.2) is 66.5 Å². The van der Waals surface area contributed by atoms with Crippen LogP contribution in [0.3, 0.4) is 0 Å². The molecule has 14 nitrogen and oxygen atoms in total. The number of hydrogen-bond acceptors (Lipinski definition) is 10. The van der Waals surface area contributed by atoms with Crippen molar-refractivity contribution < 1.29 is 23.7 Å². The molecular weight excluding hydrogens is 759 g/mol. The summed E-state index contributed by atoms with van der Waals surface area (Å²) in [4.78, 5) is 23.8. The molecule has 14 heteroatoms. The molecule has 4 aromatic heterocycles. The van der Waals surface area contributed by atoms with Crippen LogP contribution in [0.5, 0.6) is 23.0 Å². The molecule has 0 radical (unpaired) electrons. The summed E-state index contributed by atoms with van der Waals surface area (Å²) < 4.78 is 28.3. The van der Waals surface area contributed by atoms with Crippen molar-refractivity contribution in [3.05, 3.63) is 155 Å². The van der Waals surface area contributed by atoms with Crippen LogP contribution >= 0.6 is 0 Å². The van der Waals surface area contributed by atoms with E-state index in [9.17, 15) is 4.79 Å². The van der Waals surface area contributed by atoms with Crippen LogP contribution in [0.4, 0.5) is 0 Å². The Morgan fingerprint density at radius 2 is 1.45 bits per heavy atom. The van der Waals surface area contributed by atoms with Gasteiger partial charge in [0.15, 0.2) is 17.3 Å². The average Bonchev–Trinajstić information content (AvgIpc) is 3.97. The molecular formula is C46H45N9O5. The number of hydrogen-bond donors (Lipinski definition) is 1. The third-order valence-corrected chi connectivity index (χ3v) is 10.2. The summed E-state index contributed by atoms with van der Waals surface area (Å²) in [5, 5.41) is 18.6. The van der Waals surface area contributed by atoms with E-state index in [1.54, 1.807) is 38.3 Å². The molecule has 4 aromatic carbocycles. The maximum Gasteiger partial charge on any atom is 0.272 e. The molecule has 0 bridgehead atoms. The van der Waals surface area contributed by atoms with E-state index >= 15 is 0 Å². The van der Waals surface area contributed by atoms with Crippen molar-refractivity contribution in [1.82, 2.24) is 44.6 Å². The number of methoxy groups -OCH3 is 3. The van der Waals surface area contributed by atoms with Crippen molar-refractivity contribution in [3.63, 3.8) is 0 Å². The molecule has 1 amide bonds. The lowest BCUT2D eigenvalue weighted by atomic mass is 10.1. The third kappa shape index (κ3) is 8.39. The molecule has 0 saturated carbocycles. The number of carbonyl (C=O) groups is 1. The SMILES string of the molecule is COc1ccc(Cn2nc(-n3nc(C(=O)NCc4ccc(OC)cc4OC)c4cc(C)ncc43)nc2-c2c(OCc3ccccc3)c(C)nn2CCc2ccccc2)cc1. The molecule has 0 aliphatic heterocycles. The van der Waals surface area contributed by atoms with Crippen molar-refractivity contribution in [3.8, 4) is 40.5 Å². The van der Waals surface area contributed by atoms with E-state index < -0.39 is 0 Å². The fourth-order valence-corrected chi connectivity index (χ4v) is 7.03. The Morgan fingerprint density at radius 3 is 2.17 bits per heavy atom. The van der Waals surface area contributed by atoms with Gasteiger partial charge in [-0.25, -0.2) is 4.68 Å². The van der Waals surface area contributed by atoms with Crippen molar-refractivity contribution in [2.45, 2.75) is 46.5 Å². The number of aryl methyl sites for hydroxylation is 4. The maximum atomic E-state index is 14.0. The second-order valence-corrected chi connectivity index (χ2v) is 14.2. The standard InChI is InChI=1S/C46H45N9O5/c1-30-24-38-39(27-47-30)55(51-41(38)45(56)48-26-35-18-21-37(58-4)25-40(35)59-5)46-49-44(54(52-46)28-33-16-19-36(57-3)20-17-33)42-43(60-29-34-14-10-7-11-15-34)31(2)50-53(42)23-22-32-12-8-6-9-13-32/h6-21,24-25,27H,22-23,26,28-29H2,1-5H3,(H,48,56). The third-order valence-electron chi connectivity index (χ3n) is 10.2. The van der Waals surface area contributed by atoms with Gasteiger partial charge in [0.25, 0.3) is 11.9 Å². The van der Waals surface area contributed by atoms with Crippen molar-refractivity contribution in [1.29, 1.82) is 0 Å². The first-order valence-corrected chi connectivity index (χ1v) is 19.5. The minimum absolute atomic E-state index is 0.196. The van der Waals surface area contributed by atoms with Crippen LogP contribution in [0.15, 0.2) is 115 Å². The van der Waals surface area contributed by atoms with E-state index in [-0.39, 0.29) is 24.1 Å². The van der Waals surface area contributed by atoms with E-state index in [1.807, 2.05) is 114 Å². The molecule has 60 heavy (non-hydrogen) atoms. The molecule has 1 N–H and O–H groups in total. The number of nitrogens with one attached hydrogen (secondary N) is 1. The van der Waals surface area contributed by atoms with Gasteiger partial charge in [0.05, 0.1) is 39.6 Å². The van der Waals surface area contributed by atoms with Gasteiger partial charge in [-0.3, -0.25) is 14.5 Å². The van der Waals surface area contributed by atoms with Crippen LogP contribution in [-0.2, 0) is 32.7 Å². The highest BCUT2D eigenvalue weighted by Gasteiger charge is 2.28. The molecule has 0 aliphatic rings. The predicted octanol–water partition coefficient (Wildman–Crippen LogP) is 7.32. The highest BCUT2D eigenvalue weighted by molar-refractivity contribution is 6.05. The van der Waals surface area contributed by atoms with E-state index in [2.05, 4.69) is 22.4 Å². The number of aromatic nitrogens is 8. The van der Waals surface area contributed by atoms with E-state index in [1.165, 1.54) is 5.56 Å². The lowest BCUT2D eigenvalue weighted by Gasteiger charge is -2.12. The number of benzene rings is 4. The number of amides is 1. The normalized spacial score (nSPS) is 11.2. The molecule has 0 atom stereocenters. The quantitative estimate of drug-likeness (QED) is 0.106. The maximum absolute atomic E-state index is 14.0. The number of ether oxygens (including phenoxy) is 4. The van der Waals surface area contributed by atoms with Gasteiger partial charge in [-0.15, -0.1) is 5.10 Å². The number of nitrogens with zero attached hydrogens (tertiary/aromatic N) is 8. The fraction of sp³-hybridized carbons (Fsp3) is 0.217. The van der Waals surface area contributed by atoms with Crippen molar-refractivity contribution >= 4 is 16.8 Å². The Bertz CT molecular complexity index is 2740. The van der Waals surface area contributed by atoms with E-state index in [0.717, 1.165) is 34.6 Å². The smallest absolute Gasteiger partial charge is 0.272 e. The Morgan fingerprint density at radius 1 is 0.733 bits per heavy atom. The Labute approximate surface area is 347 Å². The summed E-state index contributed by atoms with van der Waals surface area (Å²) in [6, 6.07) is 35.4. The van der Waals surface area contributed by atoms with Gasteiger partial charge in [-0.2, -0.15) is 19.9 Å². The monoisotopic (exact) mass is 803 g/mol. The first-order valence-electron chi connectivity index (χ1n) is 19.5. The number of carbonyl (C=O) groups excluding carboxylic acids is 1. The molecule has 8 aromatic rings. The molecule has 0 aliphatic carbocycles. The number of fused-ring (bicyclic) bond motifs is 1. The number of pyridine rings is 1. The highest BCUT2D eigenvalue weighted by atomic mass is 16.5. The molecule has 4 heterocycles. The summed E-state index contributed by atoms with van der Waals surface area (Å²) in [6.45, 7) is 5.24. The van der Waals surface area contributed by atoms with Gasteiger partial charge in [0, 0.05) is 35.8 Å². The number of rotatable bonds is 16. The van der Waals surface area contributed by atoms with Gasteiger partial charge < -0.3 is 24.3 Å². The molecule has 8 rings (SSSR count). The summed E-state index contributed by atoms with van der Waals surface area (Å²) in [5.41, 5.74) is 6.81. The first-order chi connectivity index (χ1) is 29.3. The van der Waals surface area contributed by atoms with Crippen LogP contribution in [0.1, 0.15) is 44.1 Å². The van der Waals surface area contributed by atoms with Gasteiger partial charge >= 0.3 is 0 Å². The lowest BCUT2D eigenvalue weighted by molar-refractivity contribution is 0.0947. The van der Waals surface area contributed by atoms with Gasteiger partial charge in [0.1, 0.15) is 35.2 Å². The van der Waals surface area contributed by atoms with Crippen molar-refractivity contribution in [2.75, 3.05) is 21.3 Å². The van der Waals surface area contributed by atoms with Gasteiger partial charge in [-0.05, 0) is 67.3 Å². The first kappa shape index (κ1) is 39.4. The summed E-state index contributed by atoms with van der Waals surface area (Å²) in [7, 11) is 4.81.